The van der Waals surface area contributed by atoms with Crippen LogP contribution in [0.15, 0.2) is 42.5 Å². The predicted molar refractivity (Wildman–Crippen MR) is 73.9 cm³/mol. The lowest BCUT2D eigenvalue weighted by Crippen LogP contribution is -2.12. The first-order chi connectivity index (χ1) is 9.47. The fourth-order valence-electron chi connectivity index (χ4n) is 1.79. The van der Waals surface area contributed by atoms with Crippen molar-refractivity contribution in [2.75, 3.05) is 5.32 Å². The van der Waals surface area contributed by atoms with Crippen molar-refractivity contribution in [3.63, 3.8) is 0 Å². The Morgan fingerprint density at radius 1 is 1.25 bits per heavy atom. The lowest BCUT2D eigenvalue weighted by Gasteiger charge is -2.06. The molecule has 0 saturated carbocycles. The van der Waals surface area contributed by atoms with Gasteiger partial charge in [-0.3, -0.25) is 14.9 Å². The summed E-state index contributed by atoms with van der Waals surface area (Å²) in [7, 11) is 0. The maximum absolute atomic E-state index is 12.0. The quantitative estimate of drug-likeness (QED) is 0.663. The van der Waals surface area contributed by atoms with E-state index in [4.69, 9.17) is 0 Å². The molecule has 0 aliphatic rings. The van der Waals surface area contributed by atoms with E-state index >= 15 is 0 Å². The number of hydrogen-bond donors (Lipinski definition) is 2. The number of nitro groups is 1. The molecular formula is C14H12N2O4. The van der Waals surface area contributed by atoms with Gasteiger partial charge in [0, 0.05) is 28.9 Å². The molecule has 0 radical (unpaired) electrons. The Labute approximate surface area is 114 Å². The van der Waals surface area contributed by atoms with Gasteiger partial charge in [-0.05, 0) is 31.2 Å². The molecule has 2 aromatic rings. The van der Waals surface area contributed by atoms with Crippen molar-refractivity contribution >= 4 is 17.3 Å². The van der Waals surface area contributed by atoms with Crippen molar-refractivity contribution in [2.45, 2.75) is 6.92 Å². The van der Waals surface area contributed by atoms with Gasteiger partial charge in [-0.25, -0.2) is 0 Å². The highest BCUT2D eigenvalue weighted by atomic mass is 16.6. The number of nitrogens with one attached hydrogen (secondary N) is 1. The fourth-order valence-corrected chi connectivity index (χ4v) is 1.79. The van der Waals surface area contributed by atoms with Gasteiger partial charge in [0.15, 0.2) is 0 Å². The summed E-state index contributed by atoms with van der Waals surface area (Å²) in [5.41, 5.74) is 1.15. The van der Waals surface area contributed by atoms with Crippen LogP contribution in [0.1, 0.15) is 15.9 Å². The maximum atomic E-state index is 12.0. The zero-order chi connectivity index (χ0) is 14.7. The van der Waals surface area contributed by atoms with E-state index in [1.54, 1.807) is 19.1 Å². The third-order valence-corrected chi connectivity index (χ3v) is 2.76. The molecule has 2 rings (SSSR count). The number of aromatic hydroxyl groups is 1. The minimum absolute atomic E-state index is 0.0288. The van der Waals surface area contributed by atoms with Gasteiger partial charge in [0.2, 0.25) is 0 Å². The zero-order valence-corrected chi connectivity index (χ0v) is 10.7. The average Bonchev–Trinajstić information content (AvgIpc) is 2.38. The Morgan fingerprint density at radius 3 is 2.60 bits per heavy atom. The Bertz CT molecular complexity index is 683. The second-order valence-corrected chi connectivity index (χ2v) is 4.26. The van der Waals surface area contributed by atoms with Gasteiger partial charge in [0.05, 0.1) is 4.92 Å². The minimum atomic E-state index is -0.494. The second-order valence-electron chi connectivity index (χ2n) is 4.26. The van der Waals surface area contributed by atoms with Crippen LogP contribution < -0.4 is 5.32 Å². The number of nitrogens with zero attached hydrogens (tertiary/aromatic N) is 1. The van der Waals surface area contributed by atoms with E-state index in [2.05, 4.69) is 5.32 Å². The van der Waals surface area contributed by atoms with Gasteiger partial charge in [0.25, 0.3) is 11.6 Å². The van der Waals surface area contributed by atoms with E-state index in [-0.39, 0.29) is 11.4 Å². The minimum Gasteiger partial charge on any atom is -0.508 e. The number of nitro benzene ring substituents is 1. The molecule has 0 fully saturated rings. The molecule has 0 spiro atoms. The van der Waals surface area contributed by atoms with Gasteiger partial charge in [-0.2, -0.15) is 0 Å². The molecule has 20 heavy (non-hydrogen) atoms. The number of phenols is 1. The van der Waals surface area contributed by atoms with Gasteiger partial charge in [0.1, 0.15) is 5.75 Å². The molecular weight excluding hydrogens is 260 g/mol. The summed E-state index contributed by atoms with van der Waals surface area (Å²) < 4.78 is 0. The van der Waals surface area contributed by atoms with Crippen LogP contribution in [-0.2, 0) is 0 Å². The lowest BCUT2D eigenvalue weighted by atomic mass is 10.1. The molecule has 0 aromatic heterocycles. The first-order valence-electron chi connectivity index (χ1n) is 5.83. The van der Waals surface area contributed by atoms with Crippen LogP contribution in [0, 0.1) is 17.0 Å². The van der Waals surface area contributed by atoms with Crippen molar-refractivity contribution in [2.24, 2.45) is 0 Å². The van der Waals surface area contributed by atoms with Gasteiger partial charge in [-0.1, -0.05) is 6.07 Å². The molecule has 0 bridgehead atoms. The molecule has 1 amide bonds. The molecule has 6 nitrogen and oxygen atoms in total. The van der Waals surface area contributed by atoms with E-state index in [0.717, 1.165) is 0 Å². The number of benzene rings is 2. The van der Waals surface area contributed by atoms with E-state index in [1.807, 2.05) is 0 Å². The van der Waals surface area contributed by atoms with Crippen LogP contribution in [0.25, 0.3) is 0 Å². The van der Waals surface area contributed by atoms with E-state index in [1.165, 1.54) is 30.3 Å². The van der Waals surface area contributed by atoms with Crippen molar-refractivity contribution in [1.82, 2.24) is 0 Å². The Morgan fingerprint density at radius 2 is 2.00 bits per heavy atom. The molecule has 0 heterocycles. The van der Waals surface area contributed by atoms with Gasteiger partial charge in [-0.15, -0.1) is 0 Å². The molecule has 0 unspecified atom stereocenters. The summed E-state index contributed by atoms with van der Waals surface area (Å²) in [4.78, 5) is 22.2. The summed E-state index contributed by atoms with van der Waals surface area (Å²) in [6.45, 7) is 1.57. The first-order valence-corrected chi connectivity index (χ1v) is 5.83. The Hall–Kier alpha value is -2.89. The van der Waals surface area contributed by atoms with Crippen LogP contribution in [0.2, 0.25) is 0 Å². The van der Waals surface area contributed by atoms with E-state index in [9.17, 15) is 20.0 Å². The highest BCUT2D eigenvalue weighted by Gasteiger charge is 2.13. The lowest BCUT2D eigenvalue weighted by molar-refractivity contribution is -0.385. The van der Waals surface area contributed by atoms with Gasteiger partial charge >= 0.3 is 0 Å². The maximum Gasteiger partial charge on any atom is 0.272 e. The molecule has 0 saturated heterocycles. The largest absolute Gasteiger partial charge is 0.508 e. The average molecular weight is 272 g/mol. The number of phenolic OH excluding ortho intramolecular Hbond substituents is 1. The number of anilines is 1. The third kappa shape index (κ3) is 2.92. The molecule has 2 aromatic carbocycles. The zero-order valence-electron chi connectivity index (χ0n) is 10.7. The molecule has 2 N–H and O–H groups in total. The Balaban J connectivity index is 2.22. The van der Waals surface area contributed by atoms with Crippen LogP contribution in [0.5, 0.6) is 5.75 Å². The van der Waals surface area contributed by atoms with Crippen LogP contribution in [-0.4, -0.2) is 15.9 Å². The molecule has 6 heteroatoms. The van der Waals surface area contributed by atoms with Crippen molar-refractivity contribution in [3.8, 4) is 5.75 Å². The summed E-state index contributed by atoms with van der Waals surface area (Å²) in [6, 6.07) is 10.3. The number of aryl methyl sites for hydroxylation is 1. The molecule has 0 aliphatic carbocycles. The normalized spacial score (nSPS) is 10.1. The number of hydrogen-bond acceptors (Lipinski definition) is 4. The topological polar surface area (TPSA) is 92.5 Å². The Kier molecular flexibility index (Phi) is 3.65. The van der Waals surface area contributed by atoms with Crippen molar-refractivity contribution < 1.29 is 14.8 Å². The van der Waals surface area contributed by atoms with Crippen LogP contribution in [0.4, 0.5) is 11.4 Å². The highest BCUT2D eigenvalue weighted by molar-refractivity contribution is 6.04. The second kappa shape index (κ2) is 5.40. The van der Waals surface area contributed by atoms with Gasteiger partial charge < -0.3 is 10.4 Å². The first kappa shape index (κ1) is 13.5. The number of carbonyl (C=O) groups excluding carboxylic acids is 1. The van der Waals surface area contributed by atoms with Crippen molar-refractivity contribution in [1.29, 1.82) is 0 Å². The third-order valence-electron chi connectivity index (χ3n) is 2.76. The standard InChI is InChI=1S/C14H12N2O4/c1-9-7-10(5-6-13(9)16(19)20)14(18)15-11-3-2-4-12(17)8-11/h2-8,17H,1H3,(H,15,18). The molecule has 0 atom stereocenters. The smallest absolute Gasteiger partial charge is 0.272 e. The molecule has 102 valence electrons. The number of rotatable bonds is 3. The molecule has 0 aliphatic heterocycles. The van der Waals surface area contributed by atoms with Crippen LogP contribution >= 0.6 is 0 Å². The van der Waals surface area contributed by atoms with Crippen molar-refractivity contribution in [3.05, 3.63) is 63.7 Å². The predicted octanol–water partition coefficient (Wildman–Crippen LogP) is 2.86. The fraction of sp³-hybridized carbons (Fsp3) is 0.0714. The van der Waals surface area contributed by atoms with E-state index < -0.39 is 10.8 Å². The number of amides is 1. The van der Waals surface area contributed by atoms with E-state index in [0.29, 0.717) is 16.8 Å². The summed E-state index contributed by atoms with van der Waals surface area (Å²) in [6.07, 6.45) is 0. The summed E-state index contributed by atoms with van der Waals surface area (Å²) in [5.74, 6) is -0.351. The highest BCUT2D eigenvalue weighted by Crippen LogP contribution is 2.20. The number of carbonyl (C=O) groups is 1. The summed E-state index contributed by atoms with van der Waals surface area (Å²) >= 11 is 0. The van der Waals surface area contributed by atoms with Crippen LogP contribution in [0.3, 0.4) is 0 Å². The monoisotopic (exact) mass is 272 g/mol. The SMILES string of the molecule is Cc1cc(C(=O)Nc2cccc(O)c2)ccc1[N+](=O)[O-]. The summed E-state index contributed by atoms with van der Waals surface area (Å²) in [5, 5.41) is 22.6.